The van der Waals surface area contributed by atoms with Crippen molar-refractivity contribution in [2.24, 2.45) is 0 Å². The van der Waals surface area contributed by atoms with E-state index in [4.69, 9.17) is 11.6 Å². The summed E-state index contributed by atoms with van der Waals surface area (Å²) in [4.78, 5) is 8.89. The number of benzene rings is 2. The summed E-state index contributed by atoms with van der Waals surface area (Å²) in [6.45, 7) is 5.31. The van der Waals surface area contributed by atoms with Crippen molar-refractivity contribution >= 4 is 23.2 Å². The highest BCUT2D eigenvalue weighted by molar-refractivity contribution is 6.31. The second-order valence-electron chi connectivity index (χ2n) is 5.97. The molecule has 0 aliphatic carbocycles. The van der Waals surface area contributed by atoms with Gasteiger partial charge in [0.25, 0.3) is 0 Å². The van der Waals surface area contributed by atoms with Crippen molar-refractivity contribution in [2.75, 3.05) is 10.6 Å². The molecule has 2 aromatic carbocycles. The van der Waals surface area contributed by atoms with Gasteiger partial charge in [0.15, 0.2) is 0 Å². The van der Waals surface area contributed by atoms with Gasteiger partial charge in [-0.1, -0.05) is 59.6 Å². The molecular weight excluding hydrogens is 332 g/mol. The normalized spacial score (nSPS) is 10.5. The van der Waals surface area contributed by atoms with E-state index in [0.29, 0.717) is 6.54 Å². The Labute approximate surface area is 153 Å². The lowest BCUT2D eigenvalue weighted by Crippen LogP contribution is -2.07. The minimum Gasteiger partial charge on any atom is -0.366 e. The Morgan fingerprint density at radius 3 is 2.16 bits per heavy atom. The number of aryl methyl sites for hydroxylation is 2. The fraction of sp³-hybridized carbons (Fsp3) is 0.200. The van der Waals surface area contributed by atoms with Gasteiger partial charge in [0, 0.05) is 24.2 Å². The maximum atomic E-state index is 6.20. The molecule has 5 heteroatoms. The van der Waals surface area contributed by atoms with E-state index in [9.17, 15) is 0 Å². The number of nitrogens with zero attached hydrogens (tertiary/aromatic N) is 2. The van der Waals surface area contributed by atoms with Gasteiger partial charge in [-0.2, -0.15) is 0 Å². The van der Waals surface area contributed by atoms with Crippen LogP contribution in [0.5, 0.6) is 0 Å². The highest BCUT2D eigenvalue weighted by atomic mass is 35.5. The van der Waals surface area contributed by atoms with E-state index >= 15 is 0 Å². The lowest BCUT2D eigenvalue weighted by molar-refractivity contribution is 1.00. The SMILES string of the molecule is Cc1ccc(CNc2cc(NCc3ccccc3Cl)nc(C)n2)cc1. The Morgan fingerprint density at radius 1 is 0.840 bits per heavy atom. The first kappa shape index (κ1) is 17.2. The Hall–Kier alpha value is -2.59. The van der Waals surface area contributed by atoms with Crippen LogP contribution in [0.3, 0.4) is 0 Å². The number of halogens is 1. The van der Waals surface area contributed by atoms with Crippen molar-refractivity contribution in [3.8, 4) is 0 Å². The first-order valence-corrected chi connectivity index (χ1v) is 8.60. The fourth-order valence-corrected chi connectivity index (χ4v) is 2.68. The zero-order valence-electron chi connectivity index (χ0n) is 14.4. The molecule has 0 saturated carbocycles. The van der Waals surface area contributed by atoms with Crippen LogP contribution in [0.25, 0.3) is 0 Å². The third-order valence-electron chi connectivity index (χ3n) is 3.85. The van der Waals surface area contributed by atoms with Crippen LogP contribution in [0, 0.1) is 13.8 Å². The molecule has 2 N–H and O–H groups in total. The average Bonchev–Trinajstić information content (AvgIpc) is 2.60. The number of anilines is 2. The molecule has 0 saturated heterocycles. The zero-order valence-corrected chi connectivity index (χ0v) is 15.1. The van der Waals surface area contributed by atoms with Gasteiger partial charge in [0.05, 0.1) is 0 Å². The van der Waals surface area contributed by atoms with E-state index in [2.05, 4.69) is 51.8 Å². The highest BCUT2D eigenvalue weighted by Crippen LogP contribution is 2.18. The summed E-state index contributed by atoms with van der Waals surface area (Å²) in [5, 5.41) is 7.42. The smallest absolute Gasteiger partial charge is 0.132 e. The summed E-state index contributed by atoms with van der Waals surface area (Å²) in [6.07, 6.45) is 0. The van der Waals surface area contributed by atoms with Gasteiger partial charge in [-0.3, -0.25) is 0 Å². The van der Waals surface area contributed by atoms with Crippen LogP contribution in [-0.4, -0.2) is 9.97 Å². The van der Waals surface area contributed by atoms with Crippen molar-refractivity contribution in [2.45, 2.75) is 26.9 Å². The molecule has 0 atom stereocenters. The number of hydrogen-bond donors (Lipinski definition) is 2. The van der Waals surface area contributed by atoms with Crippen molar-refractivity contribution < 1.29 is 0 Å². The molecule has 3 rings (SSSR count). The predicted octanol–water partition coefficient (Wildman–Crippen LogP) is 4.97. The minimum atomic E-state index is 0.619. The predicted molar refractivity (Wildman–Crippen MR) is 104 cm³/mol. The van der Waals surface area contributed by atoms with Crippen LogP contribution in [0.2, 0.25) is 5.02 Å². The van der Waals surface area contributed by atoms with Gasteiger partial charge in [-0.25, -0.2) is 9.97 Å². The molecular formula is C20H21ClN4. The Morgan fingerprint density at radius 2 is 1.48 bits per heavy atom. The van der Waals surface area contributed by atoms with Crippen molar-refractivity contribution in [1.82, 2.24) is 9.97 Å². The van der Waals surface area contributed by atoms with E-state index < -0.39 is 0 Å². The van der Waals surface area contributed by atoms with Crippen LogP contribution >= 0.6 is 11.6 Å². The summed E-state index contributed by atoms with van der Waals surface area (Å²) in [5.41, 5.74) is 3.51. The summed E-state index contributed by atoms with van der Waals surface area (Å²) < 4.78 is 0. The van der Waals surface area contributed by atoms with Gasteiger partial charge >= 0.3 is 0 Å². The number of rotatable bonds is 6. The number of nitrogens with one attached hydrogen (secondary N) is 2. The van der Waals surface area contributed by atoms with E-state index in [0.717, 1.165) is 34.6 Å². The molecule has 0 unspecified atom stereocenters. The lowest BCUT2D eigenvalue weighted by Gasteiger charge is -2.11. The van der Waals surface area contributed by atoms with Crippen LogP contribution in [-0.2, 0) is 13.1 Å². The topological polar surface area (TPSA) is 49.8 Å². The minimum absolute atomic E-state index is 0.619. The van der Waals surface area contributed by atoms with E-state index in [1.165, 1.54) is 11.1 Å². The van der Waals surface area contributed by atoms with Gasteiger partial charge in [-0.15, -0.1) is 0 Å². The maximum Gasteiger partial charge on any atom is 0.132 e. The Balaban J connectivity index is 1.65. The second kappa shape index (κ2) is 7.99. The van der Waals surface area contributed by atoms with E-state index in [1.807, 2.05) is 37.3 Å². The molecule has 3 aromatic rings. The van der Waals surface area contributed by atoms with Gasteiger partial charge < -0.3 is 10.6 Å². The van der Waals surface area contributed by atoms with Crippen LogP contribution in [0.1, 0.15) is 22.5 Å². The molecule has 1 heterocycles. The molecule has 0 bridgehead atoms. The molecule has 0 amide bonds. The summed E-state index contributed by atoms with van der Waals surface area (Å²) in [5.74, 6) is 2.30. The average molecular weight is 353 g/mol. The monoisotopic (exact) mass is 352 g/mol. The van der Waals surface area contributed by atoms with E-state index in [1.54, 1.807) is 0 Å². The van der Waals surface area contributed by atoms with Gasteiger partial charge in [-0.05, 0) is 31.0 Å². The molecule has 0 spiro atoms. The third-order valence-corrected chi connectivity index (χ3v) is 4.22. The third kappa shape index (κ3) is 4.94. The standard InChI is InChI=1S/C20H21ClN4/c1-14-7-9-16(10-8-14)12-22-19-11-20(25-15(2)24-19)23-13-17-5-3-4-6-18(17)21/h3-11H,12-13H2,1-2H3,(H2,22,23,24,25). The highest BCUT2D eigenvalue weighted by Gasteiger charge is 2.04. The largest absolute Gasteiger partial charge is 0.366 e. The van der Waals surface area contributed by atoms with Crippen LogP contribution < -0.4 is 10.6 Å². The Bertz CT molecular complexity index is 847. The number of aromatic nitrogens is 2. The van der Waals surface area contributed by atoms with Crippen molar-refractivity contribution in [1.29, 1.82) is 0 Å². The maximum absolute atomic E-state index is 6.20. The van der Waals surface area contributed by atoms with Crippen molar-refractivity contribution in [3.05, 3.63) is 82.1 Å². The van der Waals surface area contributed by atoms with E-state index in [-0.39, 0.29) is 0 Å². The molecule has 4 nitrogen and oxygen atoms in total. The van der Waals surface area contributed by atoms with Crippen LogP contribution in [0.4, 0.5) is 11.6 Å². The molecule has 0 aliphatic rings. The Kier molecular flexibility index (Phi) is 5.51. The van der Waals surface area contributed by atoms with Gasteiger partial charge in [0.1, 0.15) is 17.5 Å². The molecule has 128 valence electrons. The fourth-order valence-electron chi connectivity index (χ4n) is 2.47. The summed E-state index contributed by atoms with van der Waals surface area (Å²) in [6, 6.07) is 18.2. The summed E-state index contributed by atoms with van der Waals surface area (Å²) in [7, 11) is 0. The molecule has 25 heavy (non-hydrogen) atoms. The molecule has 0 fully saturated rings. The summed E-state index contributed by atoms with van der Waals surface area (Å²) >= 11 is 6.20. The zero-order chi connectivity index (χ0) is 17.6. The van der Waals surface area contributed by atoms with Crippen LogP contribution in [0.15, 0.2) is 54.6 Å². The first-order valence-electron chi connectivity index (χ1n) is 8.22. The van der Waals surface area contributed by atoms with Crippen molar-refractivity contribution in [3.63, 3.8) is 0 Å². The lowest BCUT2D eigenvalue weighted by atomic mass is 10.1. The number of hydrogen-bond acceptors (Lipinski definition) is 4. The molecule has 1 aromatic heterocycles. The molecule has 0 aliphatic heterocycles. The molecule has 0 radical (unpaired) electrons. The second-order valence-corrected chi connectivity index (χ2v) is 6.38. The quantitative estimate of drug-likeness (QED) is 0.657. The first-order chi connectivity index (χ1) is 12.1. The van der Waals surface area contributed by atoms with Gasteiger partial charge in [0.2, 0.25) is 0 Å².